The van der Waals surface area contributed by atoms with E-state index in [1.165, 1.54) is 16.2 Å². The molecule has 4 heterocycles. The van der Waals surface area contributed by atoms with Crippen molar-refractivity contribution >= 4 is 40.0 Å². The van der Waals surface area contributed by atoms with Crippen molar-refractivity contribution in [3.05, 3.63) is 47.0 Å². The van der Waals surface area contributed by atoms with Gasteiger partial charge in [-0.3, -0.25) is 9.59 Å². The van der Waals surface area contributed by atoms with Crippen molar-refractivity contribution in [2.75, 3.05) is 13.7 Å². The van der Waals surface area contributed by atoms with Crippen molar-refractivity contribution in [3.8, 4) is 22.2 Å². The summed E-state index contributed by atoms with van der Waals surface area (Å²) in [4.78, 5) is 50.9. The lowest BCUT2D eigenvalue weighted by Crippen LogP contribution is -2.54. The number of methoxy groups -OCH3 is 1. The number of hydrogen-bond acceptors (Lipinski definition) is 9. The highest BCUT2D eigenvalue weighted by molar-refractivity contribution is 7.13. The summed E-state index contributed by atoms with van der Waals surface area (Å²) in [6.07, 6.45) is 5.80. The average Bonchev–Trinajstić information content (AvgIpc) is 3.35. The zero-order chi connectivity index (χ0) is 33.5. The number of carboxylic acids is 1. The van der Waals surface area contributed by atoms with E-state index in [1.807, 2.05) is 42.7 Å². The number of amides is 2. The highest BCUT2D eigenvalue weighted by Crippen LogP contribution is 2.45. The third kappa shape index (κ3) is 6.45. The number of aryl methyl sites for hydroxylation is 1. The monoisotopic (exact) mass is 662 g/mol. The Morgan fingerprint density at radius 1 is 1.17 bits per heavy atom. The van der Waals surface area contributed by atoms with Crippen molar-refractivity contribution in [2.24, 2.45) is 5.92 Å². The number of hydrogen-bond donors (Lipinski definition) is 3. The molecule has 1 saturated heterocycles. The summed E-state index contributed by atoms with van der Waals surface area (Å²) in [5.74, 6) is -1.07. The zero-order valence-electron chi connectivity index (χ0n) is 27.2. The van der Waals surface area contributed by atoms with Gasteiger partial charge in [0.25, 0.3) is 5.91 Å². The standard InChI is InChI=1S/C35H42N4O7S/c1-19(2)25-18-47-32(37-25)24-15-29(23-12-13-28(45-4)20(3)30(23)36-24)46-22-14-26-31(41)38-35(34(43)44)16-21(35)10-8-6-5-7-9-11-27(40)33(42)39(26)17-22/h8,10,12-13,15,18-19,21-22,26-27,40H,5-7,9,11,14,16-17H2,1-4H3,(H,38,41)(H,43,44)/t21-,22-,26+,27?,35-/m1/s1. The lowest BCUT2D eigenvalue weighted by Gasteiger charge is -2.27. The topological polar surface area (TPSA) is 151 Å². The molecule has 12 heteroatoms. The molecular formula is C35H42N4O7S. The second-order valence-corrected chi connectivity index (χ2v) is 14.0. The first-order valence-electron chi connectivity index (χ1n) is 16.3. The molecule has 47 heavy (non-hydrogen) atoms. The third-order valence-corrected chi connectivity index (χ3v) is 10.5. The highest BCUT2D eigenvalue weighted by Gasteiger charge is 2.61. The number of aliphatic hydroxyl groups is 1. The van der Waals surface area contributed by atoms with Crippen molar-refractivity contribution in [1.29, 1.82) is 0 Å². The molecule has 2 aromatic heterocycles. The molecular weight excluding hydrogens is 620 g/mol. The van der Waals surface area contributed by atoms with E-state index in [2.05, 4.69) is 19.2 Å². The van der Waals surface area contributed by atoms with Crippen LogP contribution in [0.5, 0.6) is 11.5 Å². The first kappa shape index (κ1) is 32.9. The number of aliphatic carboxylic acids is 1. The van der Waals surface area contributed by atoms with Crippen LogP contribution in [0.1, 0.15) is 76.0 Å². The van der Waals surface area contributed by atoms with Crippen LogP contribution >= 0.6 is 11.3 Å². The number of pyridine rings is 1. The first-order chi connectivity index (χ1) is 22.5. The fourth-order valence-electron chi connectivity index (χ4n) is 6.65. The minimum atomic E-state index is -1.41. The van der Waals surface area contributed by atoms with Crippen molar-refractivity contribution in [3.63, 3.8) is 0 Å². The number of nitrogens with one attached hydrogen (secondary N) is 1. The van der Waals surface area contributed by atoms with E-state index >= 15 is 0 Å². The van der Waals surface area contributed by atoms with Gasteiger partial charge in [0.05, 0.1) is 24.9 Å². The van der Waals surface area contributed by atoms with Crippen LogP contribution in [-0.2, 0) is 14.4 Å². The lowest BCUT2D eigenvalue weighted by molar-refractivity contribution is -0.148. The van der Waals surface area contributed by atoms with Crippen LogP contribution in [0.2, 0.25) is 0 Å². The molecule has 0 spiro atoms. The fraction of sp³-hybridized carbons (Fsp3) is 0.514. The summed E-state index contributed by atoms with van der Waals surface area (Å²) >= 11 is 1.50. The Morgan fingerprint density at radius 3 is 2.70 bits per heavy atom. The maximum absolute atomic E-state index is 13.8. The van der Waals surface area contributed by atoms with Gasteiger partial charge in [0, 0.05) is 34.7 Å². The quantitative estimate of drug-likeness (QED) is 0.310. The van der Waals surface area contributed by atoms with Gasteiger partial charge >= 0.3 is 5.97 Å². The Balaban J connectivity index is 1.34. The average molecular weight is 663 g/mol. The molecule has 0 bridgehead atoms. The minimum Gasteiger partial charge on any atom is -0.496 e. The van der Waals surface area contributed by atoms with Crippen LogP contribution in [0, 0.1) is 12.8 Å². The molecule has 3 aliphatic rings. The van der Waals surface area contributed by atoms with Gasteiger partial charge in [0.1, 0.15) is 46.0 Å². The molecule has 250 valence electrons. The normalized spacial score (nSPS) is 26.7. The van der Waals surface area contributed by atoms with E-state index in [0.29, 0.717) is 29.1 Å². The van der Waals surface area contributed by atoms with E-state index in [-0.39, 0.29) is 37.6 Å². The molecule has 2 amide bonds. The third-order valence-electron chi connectivity index (χ3n) is 9.59. The van der Waals surface area contributed by atoms with Crippen molar-refractivity contribution in [1.82, 2.24) is 20.2 Å². The predicted molar refractivity (Wildman–Crippen MR) is 178 cm³/mol. The van der Waals surface area contributed by atoms with Gasteiger partial charge in [-0.15, -0.1) is 11.3 Å². The zero-order valence-corrected chi connectivity index (χ0v) is 28.0. The molecule has 3 N–H and O–H groups in total. The molecule has 6 rings (SSSR count). The number of aliphatic hydroxyl groups excluding tert-OH is 1. The van der Waals surface area contributed by atoms with Gasteiger partial charge in [-0.25, -0.2) is 14.8 Å². The molecule has 1 saturated carbocycles. The lowest BCUT2D eigenvalue weighted by atomic mass is 10.1. The molecule has 11 nitrogen and oxygen atoms in total. The van der Waals surface area contributed by atoms with Crippen LogP contribution < -0.4 is 14.8 Å². The summed E-state index contributed by atoms with van der Waals surface area (Å²) in [5.41, 5.74) is 1.71. The summed E-state index contributed by atoms with van der Waals surface area (Å²) < 4.78 is 12.2. The Morgan fingerprint density at radius 2 is 1.98 bits per heavy atom. The molecule has 3 aromatic rings. The molecule has 1 aromatic carbocycles. The molecule has 1 aliphatic carbocycles. The number of thiazole rings is 1. The van der Waals surface area contributed by atoms with Crippen LogP contribution in [-0.4, -0.2) is 80.3 Å². The number of carbonyl (C=O) groups excluding carboxylic acids is 2. The number of aromatic nitrogens is 2. The minimum absolute atomic E-state index is 0.0560. The van der Waals surface area contributed by atoms with Crippen molar-refractivity contribution in [2.45, 2.75) is 95.4 Å². The number of nitrogens with zero attached hydrogens (tertiary/aromatic N) is 3. The van der Waals surface area contributed by atoms with Gasteiger partial charge in [-0.2, -0.15) is 0 Å². The largest absolute Gasteiger partial charge is 0.496 e. The van der Waals surface area contributed by atoms with Gasteiger partial charge in [0.2, 0.25) is 5.91 Å². The van der Waals surface area contributed by atoms with Crippen LogP contribution in [0.3, 0.4) is 0 Å². The van der Waals surface area contributed by atoms with E-state index in [9.17, 15) is 24.6 Å². The summed E-state index contributed by atoms with van der Waals surface area (Å²) in [6, 6.07) is 4.56. The molecule has 0 radical (unpaired) electrons. The molecule has 2 aliphatic heterocycles. The van der Waals surface area contributed by atoms with Crippen molar-refractivity contribution < 1.29 is 34.1 Å². The summed E-state index contributed by atoms with van der Waals surface area (Å²) in [5, 5.41) is 27.2. The number of allylic oxidation sites excluding steroid dienone is 1. The highest BCUT2D eigenvalue weighted by atomic mass is 32.1. The molecule has 2 fully saturated rings. The summed E-state index contributed by atoms with van der Waals surface area (Å²) in [6.45, 7) is 6.15. The van der Waals surface area contributed by atoms with Crippen LogP contribution in [0.4, 0.5) is 0 Å². The van der Waals surface area contributed by atoms with Crippen LogP contribution in [0.15, 0.2) is 35.7 Å². The SMILES string of the molecule is COc1ccc2c(O[C@@H]3C[C@H]4C(=O)N[C@]5(C(=O)O)C[C@H]5C=CCCCCCC(O)C(=O)N4C3)cc(-c3nc(C(C)C)cs3)nc2c1C. The van der Waals surface area contributed by atoms with E-state index in [0.717, 1.165) is 40.9 Å². The van der Waals surface area contributed by atoms with E-state index in [4.69, 9.17) is 19.4 Å². The van der Waals surface area contributed by atoms with Gasteiger partial charge in [0.15, 0.2) is 0 Å². The maximum atomic E-state index is 13.8. The smallest absolute Gasteiger partial charge is 0.330 e. The Bertz CT molecular complexity index is 1720. The van der Waals surface area contributed by atoms with Gasteiger partial charge in [-0.1, -0.05) is 38.8 Å². The number of ether oxygens (including phenoxy) is 2. The van der Waals surface area contributed by atoms with E-state index < -0.39 is 41.6 Å². The fourth-order valence-corrected chi connectivity index (χ4v) is 7.59. The Hall–Kier alpha value is -4.03. The molecule has 1 unspecified atom stereocenters. The van der Waals surface area contributed by atoms with E-state index in [1.54, 1.807) is 7.11 Å². The van der Waals surface area contributed by atoms with Gasteiger partial charge < -0.3 is 29.9 Å². The number of benzene rings is 1. The number of fused-ring (bicyclic) bond motifs is 3. The summed E-state index contributed by atoms with van der Waals surface area (Å²) in [7, 11) is 1.61. The number of carbonyl (C=O) groups is 3. The second-order valence-electron chi connectivity index (χ2n) is 13.2. The Kier molecular flexibility index (Phi) is 9.26. The molecule has 5 atom stereocenters. The number of carboxylic acid groups (broad SMARTS) is 1. The predicted octanol–water partition coefficient (Wildman–Crippen LogP) is 4.99. The van der Waals surface area contributed by atoms with Crippen LogP contribution in [0.25, 0.3) is 21.6 Å². The second kappa shape index (κ2) is 13.2. The number of rotatable bonds is 6. The van der Waals surface area contributed by atoms with Gasteiger partial charge in [-0.05, 0) is 50.7 Å². The first-order valence-corrected chi connectivity index (χ1v) is 17.2. The maximum Gasteiger partial charge on any atom is 0.330 e. The Labute approximate surface area is 278 Å².